The van der Waals surface area contributed by atoms with E-state index in [2.05, 4.69) is 0 Å². The van der Waals surface area contributed by atoms with E-state index in [0.29, 0.717) is 11.3 Å². The first-order valence-electron chi connectivity index (χ1n) is 6.74. The van der Waals surface area contributed by atoms with Crippen LogP contribution in [0.25, 0.3) is 6.08 Å². The molecule has 4 nitrogen and oxygen atoms in total. The smallest absolute Gasteiger partial charge is 0.336 e. The van der Waals surface area contributed by atoms with Crippen molar-refractivity contribution in [1.29, 1.82) is 0 Å². The summed E-state index contributed by atoms with van der Waals surface area (Å²) in [6.07, 6.45) is 2.97. The van der Waals surface area contributed by atoms with Crippen molar-refractivity contribution in [3.05, 3.63) is 65.7 Å². The molecule has 0 aliphatic carbocycles. The first-order valence-corrected chi connectivity index (χ1v) is 6.74. The minimum absolute atomic E-state index is 0.183. The van der Waals surface area contributed by atoms with E-state index in [0.717, 1.165) is 5.56 Å². The lowest BCUT2D eigenvalue weighted by Crippen LogP contribution is -2.07. The number of esters is 1. The Morgan fingerprint density at radius 2 is 1.77 bits per heavy atom. The lowest BCUT2D eigenvalue weighted by molar-refractivity contribution is -0.128. The van der Waals surface area contributed by atoms with E-state index in [1.165, 1.54) is 26.2 Å². The number of ketones is 1. The maximum Gasteiger partial charge on any atom is 0.336 e. The average Bonchev–Trinajstić information content (AvgIpc) is 2.53. The third kappa shape index (κ3) is 4.06. The summed E-state index contributed by atoms with van der Waals surface area (Å²) >= 11 is 0. The summed E-state index contributed by atoms with van der Waals surface area (Å²) in [5.74, 6) is -0.0356. The molecule has 0 heterocycles. The van der Waals surface area contributed by atoms with Gasteiger partial charge in [0.1, 0.15) is 11.5 Å². The summed E-state index contributed by atoms with van der Waals surface area (Å²) in [4.78, 5) is 23.5. The van der Waals surface area contributed by atoms with Crippen LogP contribution in [0.5, 0.6) is 11.5 Å². The fourth-order valence-corrected chi connectivity index (χ4v) is 1.88. The highest BCUT2D eigenvalue weighted by atomic mass is 16.5. The Balaban J connectivity index is 2.17. The molecule has 0 unspecified atom stereocenters. The number of carbonyl (C=O) groups is 2. The van der Waals surface area contributed by atoms with Crippen LogP contribution in [0, 0.1) is 0 Å². The lowest BCUT2D eigenvalue weighted by Gasteiger charge is -2.08. The van der Waals surface area contributed by atoms with Crippen LogP contribution in [0.3, 0.4) is 0 Å². The molecule has 112 valence electrons. The summed E-state index contributed by atoms with van der Waals surface area (Å²) in [5.41, 5.74) is 1.22. The molecule has 22 heavy (non-hydrogen) atoms. The van der Waals surface area contributed by atoms with Gasteiger partial charge in [-0.2, -0.15) is 0 Å². The molecule has 0 saturated heterocycles. The standard InChI is InChI=1S/C18H16O4/c1-13(19)16-10-9-15(21-2)12-17(16)22-18(20)11-8-14-6-4-3-5-7-14/h3-12H,1-2H3/b11-8+. The van der Waals surface area contributed by atoms with Gasteiger partial charge >= 0.3 is 5.97 Å². The molecule has 0 spiro atoms. The SMILES string of the molecule is COc1ccc(C(C)=O)c(OC(=O)/C=C/c2ccccc2)c1. The zero-order valence-corrected chi connectivity index (χ0v) is 12.4. The van der Waals surface area contributed by atoms with Crippen molar-refractivity contribution in [2.45, 2.75) is 6.92 Å². The van der Waals surface area contributed by atoms with Crippen LogP contribution in [0.4, 0.5) is 0 Å². The Hall–Kier alpha value is -2.88. The molecule has 0 aromatic heterocycles. The van der Waals surface area contributed by atoms with Crippen molar-refractivity contribution in [3.8, 4) is 11.5 Å². The van der Waals surface area contributed by atoms with Gasteiger partial charge in [0.25, 0.3) is 0 Å². The summed E-state index contributed by atoms with van der Waals surface area (Å²) in [6.45, 7) is 1.42. The van der Waals surface area contributed by atoms with Gasteiger partial charge < -0.3 is 9.47 Å². The second kappa shape index (κ2) is 7.22. The van der Waals surface area contributed by atoms with Gasteiger partial charge in [-0.15, -0.1) is 0 Å². The summed E-state index contributed by atoms with van der Waals surface area (Å²) in [5, 5.41) is 0. The zero-order valence-electron chi connectivity index (χ0n) is 12.4. The van der Waals surface area contributed by atoms with Gasteiger partial charge in [-0.25, -0.2) is 4.79 Å². The molecule has 2 rings (SSSR count). The van der Waals surface area contributed by atoms with Crippen molar-refractivity contribution in [1.82, 2.24) is 0 Å². The van der Waals surface area contributed by atoms with Gasteiger partial charge in [0.15, 0.2) is 5.78 Å². The number of Topliss-reactive ketones (excluding diaryl/α,β-unsaturated/α-hetero) is 1. The second-order valence-electron chi connectivity index (χ2n) is 4.58. The van der Waals surface area contributed by atoms with E-state index in [1.807, 2.05) is 30.3 Å². The monoisotopic (exact) mass is 296 g/mol. The molecular weight excluding hydrogens is 280 g/mol. The van der Waals surface area contributed by atoms with E-state index in [-0.39, 0.29) is 11.5 Å². The van der Waals surface area contributed by atoms with Crippen LogP contribution in [0.2, 0.25) is 0 Å². The lowest BCUT2D eigenvalue weighted by atomic mass is 10.1. The average molecular weight is 296 g/mol. The summed E-state index contributed by atoms with van der Waals surface area (Å²) < 4.78 is 10.3. The van der Waals surface area contributed by atoms with E-state index >= 15 is 0 Å². The summed E-state index contributed by atoms with van der Waals surface area (Å²) in [6, 6.07) is 14.1. The van der Waals surface area contributed by atoms with E-state index in [9.17, 15) is 9.59 Å². The van der Waals surface area contributed by atoms with E-state index in [4.69, 9.17) is 9.47 Å². The van der Waals surface area contributed by atoms with Crippen molar-refractivity contribution in [3.63, 3.8) is 0 Å². The molecule has 0 fully saturated rings. The predicted molar refractivity (Wildman–Crippen MR) is 84.1 cm³/mol. The number of benzene rings is 2. The Bertz CT molecular complexity index is 702. The number of rotatable bonds is 5. The zero-order chi connectivity index (χ0) is 15.9. The third-order valence-electron chi connectivity index (χ3n) is 2.99. The molecule has 2 aromatic carbocycles. The number of hydrogen-bond acceptors (Lipinski definition) is 4. The number of methoxy groups -OCH3 is 1. The molecule has 0 aliphatic heterocycles. The van der Waals surface area contributed by atoms with Crippen molar-refractivity contribution >= 4 is 17.8 Å². The highest BCUT2D eigenvalue weighted by Crippen LogP contribution is 2.25. The normalized spacial score (nSPS) is 10.5. The molecule has 2 aromatic rings. The van der Waals surface area contributed by atoms with Gasteiger partial charge in [-0.05, 0) is 30.7 Å². The molecular formula is C18H16O4. The number of carbonyl (C=O) groups excluding carboxylic acids is 2. The number of ether oxygens (including phenoxy) is 2. The maximum atomic E-state index is 11.9. The van der Waals surface area contributed by atoms with Crippen molar-refractivity contribution < 1.29 is 19.1 Å². The quantitative estimate of drug-likeness (QED) is 0.367. The van der Waals surface area contributed by atoms with Crippen LogP contribution in [-0.4, -0.2) is 18.9 Å². The van der Waals surface area contributed by atoms with Crippen LogP contribution in [-0.2, 0) is 4.79 Å². The Labute approximate surface area is 129 Å². The minimum atomic E-state index is -0.556. The molecule has 0 bridgehead atoms. The van der Waals surface area contributed by atoms with Crippen molar-refractivity contribution in [2.75, 3.05) is 7.11 Å². The van der Waals surface area contributed by atoms with Gasteiger partial charge in [0, 0.05) is 12.1 Å². The largest absolute Gasteiger partial charge is 0.497 e. The minimum Gasteiger partial charge on any atom is -0.497 e. The highest BCUT2D eigenvalue weighted by molar-refractivity contribution is 5.98. The third-order valence-corrected chi connectivity index (χ3v) is 2.99. The Morgan fingerprint density at radius 3 is 2.41 bits per heavy atom. The van der Waals surface area contributed by atoms with Crippen LogP contribution < -0.4 is 9.47 Å². The van der Waals surface area contributed by atoms with Gasteiger partial charge in [-0.3, -0.25) is 4.79 Å². The first-order chi connectivity index (χ1) is 10.6. The van der Waals surface area contributed by atoms with Gasteiger partial charge in [0.05, 0.1) is 12.7 Å². The fourth-order valence-electron chi connectivity index (χ4n) is 1.88. The number of hydrogen-bond donors (Lipinski definition) is 0. The Kier molecular flexibility index (Phi) is 5.09. The van der Waals surface area contributed by atoms with Crippen LogP contribution in [0.15, 0.2) is 54.6 Å². The highest BCUT2D eigenvalue weighted by Gasteiger charge is 2.12. The maximum absolute atomic E-state index is 11.9. The van der Waals surface area contributed by atoms with E-state index in [1.54, 1.807) is 18.2 Å². The van der Waals surface area contributed by atoms with Gasteiger partial charge in [-0.1, -0.05) is 30.3 Å². The molecule has 0 atom stereocenters. The van der Waals surface area contributed by atoms with Crippen molar-refractivity contribution in [2.24, 2.45) is 0 Å². The van der Waals surface area contributed by atoms with E-state index < -0.39 is 5.97 Å². The van der Waals surface area contributed by atoms with Gasteiger partial charge in [0.2, 0.25) is 0 Å². The van der Waals surface area contributed by atoms with Crippen LogP contribution in [0.1, 0.15) is 22.8 Å². The fraction of sp³-hybridized carbons (Fsp3) is 0.111. The predicted octanol–water partition coefficient (Wildman–Crippen LogP) is 3.52. The molecule has 0 aliphatic rings. The summed E-state index contributed by atoms with van der Waals surface area (Å²) in [7, 11) is 1.50. The molecule has 0 radical (unpaired) electrons. The van der Waals surface area contributed by atoms with Crippen LogP contribution >= 0.6 is 0 Å². The first kappa shape index (κ1) is 15.5. The second-order valence-corrected chi connectivity index (χ2v) is 4.58. The topological polar surface area (TPSA) is 52.6 Å². The molecule has 0 saturated carbocycles. The molecule has 4 heteroatoms. The Morgan fingerprint density at radius 1 is 1.05 bits per heavy atom. The molecule has 0 amide bonds. The molecule has 0 N–H and O–H groups in total.